The third kappa shape index (κ3) is 3.46. The van der Waals surface area contributed by atoms with Crippen LogP contribution in [0.25, 0.3) is 0 Å². The van der Waals surface area contributed by atoms with E-state index in [1.54, 1.807) is 30.5 Å². The molecule has 0 aliphatic heterocycles. The van der Waals surface area contributed by atoms with Crippen LogP contribution in [0.2, 0.25) is 5.02 Å². The summed E-state index contributed by atoms with van der Waals surface area (Å²) in [5.41, 5.74) is 1.07. The fourth-order valence-electron chi connectivity index (χ4n) is 2.53. The van der Waals surface area contributed by atoms with Crippen LogP contribution in [0, 0.1) is 11.6 Å². The van der Waals surface area contributed by atoms with Crippen molar-refractivity contribution in [1.82, 2.24) is 4.98 Å². The zero-order chi connectivity index (χ0) is 16.5. The van der Waals surface area contributed by atoms with Crippen molar-refractivity contribution in [2.75, 3.05) is 0 Å². The predicted molar refractivity (Wildman–Crippen MR) is 86.4 cm³/mol. The van der Waals surface area contributed by atoms with E-state index in [1.165, 1.54) is 0 Å². The van der Waals surface area contributed by atoms with E-state index in [1.807, 2.05) is 27.7 Å². The van der Waals surface area contributed by atoms with Gasteiger partial charge in [-0.25, -0.2) is 8.78 Å². The van der Waals surface area contributed by atoms with Gasteiger partial charge in [0.15, 0.2) is 11.6 Å². The topological polar surface area (TPSA) is 12.9 Å². The molecule has 1 aromatic carbocycles. The number of benzene rings is 1. The Bertz CT molecular complexity index is 681. The summed E-state index contributed by atoms with van der Waals surface area (Å²) in [6.45, 7) is 7.58. The van der Waals surface area contributed by atoms with Crippen molar-refractivity contribution in [3.8, 4) is 0 Å². The van der Waals surface area contributed by atoms with Gasteiger partial charge in [-0.3, -0.25) is 4.98 Å². The number of rotatable bonds is 4. The summed E-state index contributed by atoms with van der Waals surface area (Å²) in [6.07, 6.45) is 1.97. The first kappa shape index (κ1) is 16.9. The summed E-state index contributed by atoms with van der Waals surface area (Å²) in [7, 11) is 0. The molecule has 1 aromatic heterocycles. The Labute approximate surface area is 135 Å². The lowest BCUT2D eigenvalue weighted by Gasteiger charge is -2.25. The lowest BCUT2D eigenvalue weighted by atomic mass is 9.81. The van der Waals surface area contributed by atoms with Crippen LogP contribution in [0.15, 0.2) is 30.5 Å². The van der Waals surface area contributed by atoms with Gasteiger partial charge in [-0.15, -0.1) is 0 Å². The number of nitrogens with zero attached hydrogens (tertiary/aromatic N) is 1. The monoisotopic (exact) mass is 323 g/mol. The Kier molecular flexibility index (Phi) is 4.86. The summed E-state index contributed by atoms with van der Waals surface area (Å²) in [5.74, 6) is -1.56. The summed E-state index contributed by atoms with van der Waals surface area (Å²) >= 11 is 5.99. The van der Waals surface area contributed by atoms with Gasteiger partial charge in [-0.05, 0) is 35.6 Å². The Morgan fingerprint density at radius 2 is 1.82 bits per heavy atom. The molecular formula is C18H20ClF2N. The van der Waals surface area contributed by atoms with Crippen molar-refractivity contribution in [3.63, 3.8) is 0 Å². The van der Waals surface area contributed by atoms with Crippen molar-refractivity contribution in [1.29, 1.82) is 0 Å². The molecule has 0 amide bonds. The first-order valence-corrected chi connectivity index (χ1v) is 7.69. The van der Waals surface area contributed by atoms with Gasteiger partial charge in [-0.2, -0.15) is 0 Å². The van der Waals surface area contributed by atoms with Gasteiger partial charge in [0.1, 0.15) is 0 Å². The van der Waals surface area contributed by atoms with E-state index >= 15 is 0 Å². The molecule has 0 aliphatic carbocycles. The van der Waals surface area contributed by atoms with Crippen LogP contribution in [-0.2, 0) is 11.8 Å². The van der Waals surface area contributed by atoms with E-state index in [0.717, 1.165) is 5.69 Å². The molecule has 118 valence electrons. The minimum absolute atomic E-state index is 0.0499. The van der Waals surface area contributed by atoms with Gasteiger partial charge < -0.3 is 0 Å². The average Bonchev–Trinajstić information content (AvgIpc) is 2.43. The number of aromatic nitrogens is 1. The second kappa shape index (κ2) is 6.33. The van der Waals surface area contributed by atoms with Crippen molar-refractivity contribution in [2.45, 2.75) is 45.4 Å². The molecule has 0 aliphatic rings. The van der Waals surface area contributed by atoms with E-state index in [9.17, 15) is 8.78 Å². The molecule has 0 fully saturated rings. The van der Waals surface area contributed by atoms with Gasteiger partial charge >= 0.3 is 0 Å². The summed E-state index contributed by atoms with van der Waals surface area (Å²) in [6, 6.07) is 6.79. The molecule has 22 heavy (non-hydrogen) atoms. The highest BCUT2D eigenvalue weighted by Crippen LogP contribution is 2.31. The second-order valence-corrected chi connectivity index (χ2v) is 6.95. The van der Waals surface area contributed by atoms with Crippen molar-refractivity contribution in [2.24, 2.45) is 0 Å². The Hall–Kier alpha value is -1.48. The Morgan fingerprint density at radius 3 is 2.41 bits per heavy atom. The second-order valence-electron chi connectivity index (χ2n) is 6.52. The highest BCUT2D eigenvalue weighted by molar-refractivity contribution is 6.30. The first-order valence-electron chi connectivity index (χ1n) is 7.31. The third-order valence-corrected chi connectivity index (χ3v) is 4.10. The van der Waals surface area contributed by atoms with Crippen LogP contribution in [0.4, 0.5) is 8.78 Å². The third-order valence-electron chi connectivity index (χ3n) is 3.86. The van der Waals surface area contributed by atoms with E-state index in [4.69, 9.17) is 11.6 Å². The van der Waals surface area contributed by atoms with E-state index in [0.29, 0.717) is 22.6 Å². The van der Waals surface area contributed by atoms with Crippen LogP contribution < -0.4 is 0 Å². The molecule has 4 heteroatoms. The summed E-state index contributed by atoms with van der Waals surface area (Å²) in [5, 5.41) is 0.583. The summed E-state index contributed by atoms with van der Waals surface area (Å²) in [4.78, 5) is 4.30. The van der Waals surface area contributed by atoms with Gasteiger partial charge in [0.05, 0.1) is 0 Å². The smallest absolute Gasteiger partial charge is 0.162 e. The standard InChI is InChI=1S/C18H20ClF2N/c1-11(2)14-6-5-12(16(20)17(14)21)10-18(3,4)15-9-13(19)7-8-22-15/h5-9,11H,10H2,1-4H3. The average molecular weight is 324 g/mol. The maximum Gasteiger partial charge on any atom is 0.162 e. The van der Waals surface area contributed by atoms with Crippen molar-refractivity contribution < 1.29 is 8.78 Å². The lowest BCUT2D eigenvalue weighted by Crippen LogP contribution is -2.23. The number of halogens is 3. The largest absolute Gasteiger partial charge is 0.261 e. The molecule has 1 nitrogen and oxygen atoms in total. The minimum Gasteiger partial charge on any atom is -0.261 e. The number of hydrogen-bond donors (Lipinski definition) is 0. The molecular weight excluding hydrogens is 304 g/mol. The normalized spacial score (nSPS) is 12.0. The van der Waals surface area contributed by atoms with Crippen LogP contribution >= 0.6 is 11.6 Å². The van der Waals surface area contributed by atoms with Gasteiger partial charge in [0.2, 0.25) is 0 Å². The first-order chi connectivity index (χ1) is 10.2. The highest BCUT2D eigenvalue weighted by Gasteiger charge is 2.26. The van der Waals surface area contributed by atoms with Crippen LogP contribution in [0.5, 0.6) is 0 Å². The summed E-state index contributed by atoms with van der Waals surface area (Å²) < 4.78 is 28.5. The molecule has 0 N–H and O–H groups in total. The fraction of sp³-hybridized carbons (Fsp3) is 0.389. The predicted octanol–water partition coefficient (Wildman–Crippen LogP) is 5.66. The number of hydrogen-bond acceptors (Lipinski definition) is 1. The van der Waals surface area contributed by atoms with E-state index < -0.39 is 17.0 Å². The van der Waals surface area contributed by atoms with Crippen LogP contribution in [0.1, 0.15) is 50.4 Å². The molecule has 0 saturated heterocycles. The molecule has 2 aromatic rings. The van der Waals surface area contributed by atoms with Gasteiger partial charge in [0.25, 0.3) is 0 Å². The molecule has 0 bridgehead atoms. The molecule has 0 saturated carbocycles. The van der Waals surface area contributed by atoms with E-state index in [-0.39, 0.29) is 5.92 Å². The van der Waals surface area contributed by atoms with E-state index in [2.05, 4.69) is 4.98 Å². The number of pyridine rings is 1. The van der Waals surface area contributed by atoms with Crippen molar-refractivity contribution in [3.05, 3.63) is 63.9 Å². The molecule has 0 radical (unpaired) electrons. The zero-order valence-corrected chi connectivity index (χ0v) is 14.0. The van der Waals surface area contributed by atoms with Crippen LogP contribution in [-0.4, -0.2) is 4.98 Å². The minimum atomic E-state index is -0.763. The molecule has 2 rings (SSSR count). The van der Waals surface area contributed by atoms with Gasteiger partial charge in [-0.1, -0.05) is 51.4 Å². The zero-order valence-electron chi connectivity index (χ0n) is 13.3. The quantitative estimate of drug-likeness (QED) is 0.707. The van der Waals surface area contributed by atoms with Gasteiger partial charge in [0, 0.05) is 22.3 Å². The fourth-order valence-corrected chi connectivity index (χ4v) is 2.69. The molecule has 0 unspecified atom stereocenters. The highest BCUT2D eigenvalue weighted by atomic mass is 35.5. The maximum atomic E-state index is 14.3. The molecule has 0 spiro atoms. The maximum absolute atomic E-state index is 14.3. The van der Waals surface area contributed by atoms with Crippen molar-refractivity contribution >= 4 is 11.6 Å². The molecule has 0 atom stereocenters. The lowest BCUT2D eigenvalue weighted by molar-refractivity contribution is 0.454. The SMILES string of the molecule is CC(C)c1ccc(CC(C)(C)c2cc(Cl)ccn2)c(F)c1F. The van der Waals surface area contributed by atoms with Crippen LogP contribution in [0.3, 0.4) is 0 Å². The molecule has 1 heterocycles. The Balaban J connectivity index is 2.36. The Morgan fingerprint density at radius 1 is 1.14 bits per heavy atom.